The van der Waals surface area contributed by atoms with Crippen LogP contribution in [0.1, 0.15) is 11.8 Å². The smallest absolute Gasteiger partial charge is 0.238 e. The Kier molecular flexibility index (Phi) is 5.27. The fourth-order valence-corrected chi connectivity index (χ4v) is 3.72. The Hall–Kier alpha value is -2.91. The first-order valence-electron chi connectivity index (χ1n) is 8.78. The van der Waals surface area contributed by atoms with Crippen LogP contribution in [0.5, 0.6) is 11.5 Å². The van der Waals surface area contributed by atoms with Crippen LogP contribution in [0.2, 0.25) is 0 Å². The molecule has 0 aliphatic carbocycles. The molecule has 9 heteroatoms. The number of thiophene rings is 1. The van der Waals surface area contributed by atoms with Gasteiger partial charge in [-0.15, -0.1) is 11.3 Å². The number of nitrogens with one attached hydrogen (secondary N) is 1. The molecule has 0 bridgehead atoms. The summed E-state index contributed by atoms with van der Waals surface area (Å²) in [7, 11) is 3.14. The van der Waals surface area contributed by atoms with Crippen molar-refractivity contribution >= 4 is 22.9 Å². The van der Waals surface area contributed by atoms with E-state index in [1.807, 2.05) is 22.4 Å². The molecule has 1 amide bonds. The molecule has 1 aromatic carbocycles. The number of likely N-dealkylation sites (tertiary alicyclic amines) is 1. The van der Waals surface area contributed by atoms with Gasteiger partial charge in [-0.05, 0) is 23.6 Å². The Morgan fingerprint density at radius 3 is 2.89 bits per heavy atom. The topological polar surface area (TPSA) is 89.7 Å². The number of benzene rings is 1. The summed E-state index contributed by atoms with van der Waals surface area (Å²) in [4.78, 5) is 19.9. The number of hydrogen-bond donors (Lipinski definition) is 1. The van der Waals surface area contributed by atoms with Crippen molar-refractivity contribution < 1.29 is 18.8 Å². The number of nitrogens with zero attached hydrogens (tertiary/aromatic N) is 3. The van der Waals surface area contributed by atoms with E-state index in [4.69, 9.17) is 14.0 Å². The molecular weight excluding hydrogens is 380 g/mol. The Labute approximate surface area is 166 Å². The maximum Gasteiger partial charge on any atom is 0.238 e. The van der Waals surface area contributed by atoms with Crippen LogP contribution < -0.4 is 14.8 Å². The number of methoxy groups -OCH3 is 2. The fourth-order valence-electron chi connectivity index (χ4n) is 3.07. The standard InChI is InChI=1S/C19H20N4O4S/c1-25-13-5-6-15(26-2)14(8-13)20-17(24)11-23-9-12(10-23)19-21-18(22-27-19)16-4-3-7-28-16/h3-8,12H,9-11H2,1-2H3,(H,20,24). The third-order valence-electron chi connectivity index (χ3n) is 4.54. The normalized spacial score (nSPS) is 14.5. The molecule has 2 aromatic heterocycles. The maximum absolute atomic E-state index is 12.4. The Morgan fingerprint density at radius 1 is 1.32 bits per heavy atom. The van der Waals surface area contributed by atoms with E-state index < -0.39 is 0 Å². The Balaban J connectivity index is 1.31. The highest BCUT2D eigenvalue weighted by Crippen LogP contribution is 2.30. The van der Waals surface area contributed by atoms with Gasteiger partial charge >= 0.3 is 0 Å². The van der Waals surface area contributed by atoms with Crippen LogP contribution in [-0.4, -0.2) is 54.8 Å². The van der Waals surface area contributed by atoms with Crippen molar-refractivity contribution in [2.75, 3.05) is 39.2 Å². The number of aromatic nitrogens is 2. The predicted molar refractivity (Wildman–Crippen MR) is 105 cm³/mol. The number of hydrogen-bond acceptors (Lipinski definition) is 8. The van der Waals surface area contributed by atoms with Crippen LogP contribution in [0.4, 0.5) is 5.69 Å². The highest BCUT2D eigenvalue weighted by Gasteiger charge is 2.33. The van der Waals surface area contributed by atoms with E-state index in [0.29, 0.717) is 42.0 Å². The van der Waals surface area contributed by atoms with Crippen LogP contribution in [0.15, 0.2) is 40.2 Å². The van der Waals surface area contributed by atoms with Crippen LogP contribution >= 0.6 is 11.3 Å². The van der Waals surface area contributed by atoms with E-state index in [0.717, 1.165) is 4.88 Å². The number of anilines is 1. The van der Waals surface area contributed by atoms with Crippen molar-refractivity contribution in [1.82, 2.24) is 15.0 Å². The van der Waals surface area contributed by atoms with E-state index in [1.165, 1.54) is 0 Å². The van der Waals surface area contributed by atoms with Crippen LogP contribution in [0.25, 0.3) is 10.7 Å². The first-order chi connectivity index (χ1) is 13.7. The van der Waals surface area contributed by atoms with Gasteiger partial charge in [-0.1, -0.05) is 11.2 Å². The minimum atomic E-state index is -0.116. The number of rotatable bonds is 7. The summed E-state index contributed by atoms with van der Waals surface area (Å²) in [6.45, 7) is 1.69. The van der Waals surface area contributed by atoms with Crippen molar-refractivity contribution in [3.05, 3.63) is 41.6 Å². The zero-order valence-electron chi connectivity index (χ0n) is 15.5. The van der Waals surface area contributed by atoms with Gasteiger partial charge in [-0.25, -0.2) is 0 Å². The van der Waals surface area contributed by atoms with Crippen molar-refractivity contribution in [1.29, 1.82) is 0 Å². The largest absolute Gasteiger partial charge is 0.497 e. The molecule has 0 spiro atoms. The summed E-state index contributed by atoms with van der Waals surface area (Å²) in [5.41, 5.74) is 0.585. The lowest BCUT2D eigenvalue weighted by atomic mass is 10.0. The molecule has 28 heavy (non-hydrogen) atoms. The summed E-state index contributed by atoms with van der Waals surface area (Å²) in [6.07, 6.45) is 0. The summed E-state index contributed by atoms with van der Waals surface area (Å²) >= 11 is 1.57. The second-order valence-corrected chi connectivity index (χ2v) is 7.39. The molecule has 146 valence electrons. The van der Waals surface area contributed by atoms with E-state index >= 15 is 0 Å². The summed E-state index contributed by atoms with van der Waals surface area (Å²) in [5, 5.41) is 8.90. The van der Waals surface area contributed by atoms with Gasteiger partial charge in [-0.2, -0.15) is 4.98 Å². The van der Waals surface area contributed by atoms with E-state index in [2.05, 4.69) is 15.5 Å². The zero-order chi connectivity index (χ0) is 19.5. The zero-order valence-corrected chi connectivity index (χ0v) is 16.4. The van der Waals surface area contributed by atoms with Gasteiger partial charge in [0.05, 0.1) is 37.2 Å². The van der Waals surface area contributed by atoms with Crippen molar-refractivity contribution in [2.45, 2.75) is 5.92 Å². The molecule has 0 atom stereocenters. The first-order valence-corrected chi connectivity index (χ1v) is 9.66. The molecule has 0 unspecified atom stereocenters. The predicted octanol–water partition coefficient (Wildman–Crippen LogP) is 2.85. The van der Waals surface area contributed by atoms with E-state index in [-0.39, 0.29) is 18.4 Å². The summed E-state index contributed by atoms with van der Waals surface area (Å²) in [5.74, 6) is 2.51. The molecule has 0 saturated carbocycles. The second-order valence-electron chi connectivity index (χ2n) is 6.44. The molecule has 1 N–H and O–H groups in total. The van der Waals surface area contributed by atoms with Crippen molar-refractivity contribution in [3.63, 3.8) is 0 Å². The van der Waals surface area contributed by atoms with Gasteiger partial charge < -0.3 is 19.3 Å². The fraction of sp³-hybridized carbons (Fsp3) is 0.316. The molecule has 3 heterocycles. The molecule has 1 aliphatic heterocycles. The lowest BCUT2D eigenvalue weighted by Gasteiger charge is -2.36. The van der Waals surface area contributed by atoms with Gasteiger partial charge in [0.25, 0.3) is 0 Å². The number of amides is 1. The molecule has 1 fully saturated rings. The quantitative estimate of drug-likeness (QED) is 0.652. The van der Waals surface area contributed by atoms with Gasteiger partial charge in [-0.3, -0.25) is 9.69 Å². The molecule has 8 nitrogen and oxygen atoms in total. The van der Waals surface area contributed by atoms with E-state index in [1.54, 1.807) is 43.8 Å². The summed E-state index contributed by atoms with van der Waals surface area (Å²) < 4.78 is 15.9. The number of ether oxygens (including phenoxy) is 2. The van der Waals surface area contributed by atoms with Gasteiger partial charge in [0, 0.05) is 19.2 Å². The molecule has 0 radical (unpaired) electrons. The second kappa shape index (κ2) is 7.99. The molecular formula is C19H20N4O4S. The van der Waals surface area contributed by atoms with Crippen molar-refractivity contribution in [3.8, 4) is 22.2 Å². The van der Waals surface area contributed by atoms with Gasteiger partial charge in [0.1, 0.15) is 11.5 Å². The lowest BCUT2D eigenvalue weighted by Crippen LogP contribution is -2.48. The SMILES string of the molecule is COc1ccc(OC)c(NC(=O)CN2CC(c3nc(-c4cccs4)no3)C2)c1. The average Bonchev–Trinajstić information content (AvgIpc) is 3.35. The number of carbonyl (C=O) groups is 1. The van der Waals surface area contributed by atoms with Crippen LogP contribution in [-0.2, 0) is 4.79 Å². The Bertz CT molecular complexity index is 951. The molecule has 3 aromatic rings. The highest BCUT2D eigenvalue weighted by molar-refractivity contribution is 7.13. The first kappa shape index (κ1) is 18.5. The molecule has 1 saturated heterocycles. The molecule has 4 rings (SSSR count). The maximum atomic E-state index is 12.4. The minimum Gasteiger partial charge on any atom is -0.497 e. The van der Waals surface area contributed by atoms with Gasteiger partial charge in [0.2, 0.25) is 17.6 Å². The van der Waals surface area contributed by atoms with Gasteiger partial charge in [0.15, 0.2) is 0 Å². The average molecular weight is 400 g/mol. The molecule has 1 aliphatic rings. The third kappa shape index (κ3) is 3.85. The van der Waals surface area contributed by atoms with Crippen LogP contribution in [0.3, 0.4) is 0 Å². The number of carbonyl (C=O) groups excluding carboxylic acids is 1. The third-order valence-corrected chi connectivity index (χ3v) is 5.40. The highest BCUT2D eigenvalue weighted by atomic mass is 32.1. The lowest BCUT2D eigenvalue weighted by molar-refractivity contribution is -0.118. The summed E-state index contributed by atoms with van der Waals surface area (Å²) in [6, 6.07) is 9.19. The van der Waals surface area contributed by atoms with Crippen molar-refractivity contribution in [2.24, 2.45) is 0 Å². The minimum absolute atomic E-state index is 0.116. The monoisotopic (exact) mass is 400 g/mol. The van der Waals surface area contributed by atoms with Crippen LogP contribution in [0, 0.1) is 0 Å². The van der Waals surface area contributed by atoms with E-state index in [9.17, 15) is 4.79 Å². The Morgan fingerprint density at radius 2 is 2.18 bits per heavy atom.